The van der Waals surface area contributed by atoms with Crippen LogP contribution in [-0.4, -0.2) is 4.98 Å². The third-order valence-corrected chi connectivity index (χ3v) is 2.54. The summed E-state index contributed by atoms with van der Waals surface area (Å²) >= 11 is 8.69. The minimum atomic E-state index is -2.67. The van der Waals surface area contributed by atoms with E-state index in [1.165, 1.54) is 6.07 Å². The quantitative estimate of drug-likeness (QED) is 0.778. The van der Waals surface area contributed by atoms with Gasteiger partial charge in [-0.1, -0.05) is 27.5 Å². The van der Waals surface area contributed by atoms with Crippen molar-refractivity contribution in [1.29, 1.82) is 5.26 Å². The number of alkyl halides is 2. The first kappa shape index (κ1) is 11.3. The Morgan fingerprint density at radius 2 is 2.29 bits per heavy atom. The van der Waals surface area contributed by atoms with E-state index in [-0.39, 0.29) is 11.6 Å². The van der Waals surface area contributed by atoms with Gasteiger partial charge in [-0.2, -0.15) is 5.26 Å². The predicted octanol–water partition coefficient (Wildman–Crippen LogP) is 3.50. The lowest BCUT2D eigenvalue weighted by atomic mass is 10.2. The molecule has 1 aromatic rings. The van der Waals surface area contributed by atoms with Crippen LogP contribution in [0.2, 0.25) is 5.15 Å². The van der Waals surface area contributed by atoms with E-state index in [9.17, 15) is 8.78 Å². The largest absolute Gasteiger partial charge is 0.280 e. The van der Waals surface area contributed by atoms with Crippen molar-refractivity contribution < 1.29 is 8.78 Å². The smallest absolute Gasteiger partial charge is 0.235 e. The number of hydrogen-bond acceptors (Lipinski definition) is 2. The maximum absolute atomic E-state index is 12.2. The maximum Gasteiger partial charge on any atom is 0.280 e. The molecule has 0 aromatic carbocycles. The topological polar surface area (TPSA) is 36.7 Å². The van der Waals surface area contributed by atoms with Gasteiger partial charge in [0.25, 0.3) is 6.43 Å². The van der Waals surface area contributed by atoms with Crippen LogP contribution in [0, 0.1) is 11.3 Å². The Balaban J connectivity index is 3.19. The van der Waals surface area contributed by atoms with E-state index in [2.05, 4.69) is 20.9 Å². The molecule has 0 bridgehead atoms. The lowest BCUT2D eigenvalue weighted by Gasteiger charge is -2.05. The molecule has 6 heteroatoms. The fourth-order valence-electron chi connectivity index (χ4n) is 0.877. The summed E-state index contributed by atoms with van der Waals surface area (Å²) in [6.45, 7) is 0. The third-order valence-electron chi connectivity index (χ3n) is 1.52. The second kappa shape index (κ2) is 4.67. The van der Waals surface area contributed by atoms with E-state index in [0.29, 0.717) is 10.0 Å². The highest BCUT2D eigenvalue weighted by atomic mass is 79.9. The van der Waals surface area contributed by atoms with E-state index in [1.807, 2.05) is 6.07 Å². The van der Waals surface area contributed by atoms with Gasteiger partial charge in [-0.15, -0.1) is 0 Å². The van der Waals surface area contributed by atoms with Crippen molar-refractivity contribution in [2.75, 3.05) is 0 Å². The highest BCUT2D eigenvalue weighted by Crippen LogP contribution is 2.28. The lowest BCUT2D eigenvalue weighted by molar-refractivity contribution is 0.146. The zero-order valence-corrected chi connectivity index (χ0v) is 9.11. The summed E-state index contributed by atoms with van der Waals surface area (Å²) in [5.74, 6) is 0. The van der Waals surface area contributed by atoms with Crippen LogP contribution in [0.1, 0.15) is 17.7 Å². The van der Waals surface area contributed by atoms with Crippen LogP contribution in [-0.2, 0) is 6.42 Å². The van der Waals surface area contributed by atoms with Gasteiger partial charge in [0.2, 0.25) is 0 Å². The average molecular weight is 281 g/mol. The SMILES string of the molecule is N#CCc1c(Br)cc(C(F)F)nc1Cl. The van der Waals surface area contributed by atoms with Crippen molar-refractivity contribution in [1.82, 2.24) is 4.98 Å². The van der Waals surface area contributed by atoms with Gasteiger partial charge in [-0.05, 0) is 6.07 Å². The van der Waals surface area contributed by atoms with Gasteiger partial charge in [0.15, 0.2) is 0 Å². The fourth-order valence-corrected chi connectivity index (χ4v) is 1.82. The number of aromatic nitrogens is 1. The molecule has 0 N–H and O–H groups in total. The van der Waals surface area contributed by atoms with Crippen LogP contribution < -0.4 is 0 Å². The molecule has 0 fully saturated rings. The van der Waals surface area contributed by atoms with Gasteiger partial charge in [0, 0.05) is 10.0 Å². The minimum Gasteiger partial charge on any atom is -0.235 e. The summed E-state index contributed by atoms with van der Waals surface area (Å²) in [4.78, 5) is 3.49. The zero-order valence-electron chi connectivity index (χ0n) is 6.77. The fraction of sp³-hybridized carbons (Fsp3) is 0.250. The number of hydrogen-bond donors (Lipinski definition) is 0. The standard InChI is InChI=1S/C8H4BrClF2N2/c9-5-3-6(8(11)12)14-7(10)4(5)1-2-13/h3,8H,1H2. The Bertz CT molecular complexity index is 366. The minimum absolute atomic E-state index is 0.0376. The van der Waals surface area contributed by atoms with Crippen LogP contribution in [0.25, 0.3) is 0 Å². The molecular formula is C8H4BrClF2N2. The van der Waals surface area contributed by atoms with Gasteiger partial charge in [-0.3, -0.25) is 0 Å². The molecule has 74 valence electrons. The van der Waals surface area contributed by atoms with Crippen LogP contribution in [0.4, 0.5) is 8.78 Å². The van der Waals surface area contributed by atoms with Gasteiger partial charge in [0.05, 0.1) is 12.5 Å². The molecule has 0 radical (unpaired) electrons. The molecule has 0 saturated carbocycles. The lowest BCUT2D eigenvalue weighted by Crippen LogP contribution is -1.96. The first-order valence-corrected chi connectivity index (χ1v) is 4.73. The Morgan fingerprint density at radius 1 is 1.64 bits per heavy atom. The molecule has 0 spiro atoms. The molecule has 0 atom stereocenters. The van der Waals surface area contributed by atoms with E-state index in [1.54, 1.807) is 0 Å². The Hall–Kier alpha value is -0.730. The van der Waals surface area contributed by atoms with E-state index in [0.717, 1.165) is 0 Å². The summed E-state index contributed by atoms with van der Waals surface area (Å²) in [6.07, 6.45) is -2.63. The highest BCUT2D eigenvalue weighted by molar-refractivity contribution is 9.10. The van der Waals surface area contributed by atoms with Gasteiger partial charge < -0.3 is 0 Å². The van der Waals surface area contributed by atoms with Crippen LogP contribution in [0.15, 0.2) is 10.5 Å². The summed E-state index contributed by atoms with van der Waals surface area (Å²) in [5, 5.41) is 8.38. The Morgan fingerprint density at radius 3 is 2.71 bits per heavy atom. The number of nitriles is 1. The van der Waals surface area contributed by atoms with E-state index < -0.39 is 12.1 Å². The number of pyridine rings is 1. The van der Waals surface area contributed by atoms with Crippen LogP contribution in [0.5, 0.6) is 0 Å². The second-order valence-corrected chi connectivity index (χ2v) is 3.65. The second-order valence-electron chi connectivity index (χ2n) is 2.43. The molecule has 1 aromatic heterocycles. The molecule has 2 nitrogen and oxygen atoms in total. The summed E-state index contributed by atoms with van der Waals surface area (Å²) in [7, 11) is 0. The van der Waals surface area contributed by atoms with Crippen molar-refractivity contribution >= 4 is 27.5 Å². The number of rotatable bonds is 2. The maximum atomic E-state index is 12.2. The monoisotopic (exact) mass is 280 g/mol. The van der Waals surface area contributed by atoms with Crippen molar-refractivity contribution in [2.24, 2.45) is 0 Å². The first-order chi connectivity index (χ1) is 6.56. The summed E-state index contributed by atoms with van der Waals surface area (Å²) in [6, 6.07) is 3.04. The number of halogens is 4. The summed E-state index contributed by atoms with van der Waals surface area (Å²) in [5.41, 5.74) is 0.0298. The van der Waals surface area contributed by atoms with Gasteiger partial charge in [-0.25, -0.2) is 13.8 Å². The Kier molecular flexibility index (Phi) is 3.78. The molecule has 0 unspecified atom stereocenters. The van der Waals surface area contributed by atoms with Crippen molar-refractivity contribution in [3.05, 3.63) is 26.9 Å². The van der Waals surface area contributed by atoms with Gasteiger partial charge >= 0.3 is 0 Å². The van der Waals surface area contributed by atoms with E-state index in [4.69, 9.17) is 16.9 Å². The first-order valence-electron chi connectivity index (χ1n) is 3.56. The zero-order chi connectivity index (χ0) is 10.7. The molecular weight excluding hydrogens is 277 g/mol. The highest BCUT2D eigenvalue weighted by Gasteiger charge is 2.14. The van der Waals surface area contributed by atoms with E-state index >= 15 is 0 Å². The van der Waals surface area contributed by atoms with Gasteiger partial charge in [0.1, 0.15) is 10.8 Å². The molecule has 1 heterocycles. The van der Waals surface area contributed by atoms with Crippen molar-refractivity contribution in [3.8, 4) is 6.07 Å². The molecule has 1 rings (SSSR count). The Labute approximate surface area is 92.6 Å². The normalized spacial score (nSPS) is 10.3. The molecule has 0 aliphatic carbocycles. The molecule has 0 amide bonds. The van der Waals surface area contributed by atoms with Crippen molar-refractivity contribution in [3.63, 3.8) is 0 Å². The predicted molar refractivity (Wildman–Crippen MR) is 51.2 cm³/mol. The average Bonchev–Trinajstić information content (AvgIpc) is 2.10. The third kappa shape index (κ3) is 2.40. The molecule has 14 heavy (non-hydrogen) atoms. The molecule has 0 saturated heterocycles. The molecule has 0 aliphatic rings. The number of nitrogens with zero attached hydrogens (tertiary/aromatic N) is 2. The van der Waals surface area contributed by atoms with Crippen LogP contribution >= 0.6 is 27.5 Å². The van der Waals surface area contributed by atoms with Crippen LogP contribution in [0.3, 0.4) is 0 Å². The van der Waals surface area contributed by atoms with Crippen molar-refractivity contribution in [2.45, 2.75) is 12.8 Å². The molecule has 0 aliphatic heterocycles. The summed E-state index contributed by atoms with van der Waals surface area (Å²) < 4.78 is 24.9.